The van der Waals surface area contributed by atoms with Crippen LogP contribution in [0.2, 0.25) is 0 Å². The molecule has 1 heterocycles. The van der Waals surface area contributed by atoms with Crippen molar-refractivity contribution in [2.45, 2.75) is 45.2 Å². The third kappa shape index (κ3) is 3.01. The molecule has 0 aromatic carbocycles. The van der Waals surface area contributed by atoms with E-state index in [0.29, 0.717) is 12.1 Å². The first-order valence-electron chi connectivity index (χ1n) is 5.75. The van der Waals surface area contributed by atoms with E-state index in [4.69, 9.17) is 6.42 Å². The molecule has 0 bridgehead atoms. The Hall–Kier alpha value is -0.520. The summed E-state index contributed by atoms with van der Waals surface area (Å²) in [5.41, 5.74) is 0. The number of terminal acetylenes is 1. The van der Waals surface area contributed by atoms with Gasteiger partial charge in [-0.2, -0.15) is 0 Å². The van der Waals surface area contributed by atoms with E-state index in [2.05, 4.69) is 30.0 Å². The second-order valence-corrected chi connectivity index (χ2v) is 4.03. The van der Waals surface area contributed by atoms with Gasteiger partial charge in [-0.25, -0.2) is 0 Å². The Balaban J connectivity index is 2.43. The van der Waals surface area contributed by atoms with Gasteiger partial charge in [0.25, 0.3) is 0 Å². The van der Waals surface area contributed by atoms with Gasteiger partial charge >= 0.3 is 0 Å². The quantitative estimate of drug-likeness (QED) is 0.682. The van der Waals surface area contributed by atoms with Crippen molar-refractivity contribution in [3.63, 3.8) is 0 Å². The van der Waals surface area contributed by atoms with Crippen molar-refractivity contribution in [2.24, 2.45) is 0 Å². The minimum atomic E-state index is 0.344. The van der Waals surface area contributed by atoms with Crippen LogP contribution in [0.4, 0.5) is 0 Å². The lowest BCUT2D eigenvalue weighted by atomic mass is 10.1. The van der Waals surface area contributed by atoms with Crippen molar-refractivity contribution in [3.05, 3.63) is 0 Å². The molecule has 1 N–H and O–H groups in total. The lowest BCUT2D eigenvalue weighted by Crippen LogP contribution is -2.53. The fourth-order valence-corrected chi connectivity index (χ4v) is 2.16. The molecule has 80 valence electrons. The fourth-order valence-electron chi connectivity index (χ4n) is 2.16. The zero-order valence-electron chi connectivity index (χ0n) is 9.42. The van der Waals surface area contributed by atoms with E-state index < -0.39 is 0 Å². The molecule has 1 fully saturated rings. The molecule has 1 rings (SSSR count). The first kappa shape index (κ1) is 11.6. The number of rotatable bonds is 4. The van der Waals surface area contributed by atoms with Gasteiger partial charge in [-0.3, -0.25) is 4.90 Å². The zero-order valence-corrected chi connectivity index (χ0v) is 9.42. The normalized spacial score (nSPS) is 25.6. The summed E-state index contributed by atoms with van der Waals surface area (Å²) in [5, 5.41) is 3.54. The molecule has 2 atom stereocenters. The van der Waals surface area contributed by atoms with Gasteiger partial charge in [0.05, 0.1) is 6.04 Å². The zero-order chi connectivity index (χ0) is 10.4. The fraction of sp³-hybridized carbons (Fsp3) is 0.833. The number of hydrogen-bond donors (Lipinski definition) is 1. The van der Waals surface area contributed by atoms with Crippen LogP contribution in [0.5, 0.6) is 0 Å². The average molecular weight is 194 g/mol. The van der Waals surface area contributed by atoms with E-state index in [1.54, 1.807) is 0 Å². The molecule has 0 aromatic rings. The van der Waals surface area contributed by atoms with Gasteiger partial charge < -0.3 is 5.32 Å². The Bertz CT molecular complexity index is 193. The van der Waals surface area contributed by atoms with Crippen LogP contribution >= 0.6 is 0 Å². The van der Waals surface area contributed by atoms with E-state index in [1.807, 2.05) is 0 Å². The Morgan fingerprint density at radius 1 is 1.57 bits per heavy atom. The molecule has 2 nitrogen and oxygen atoms in total. The summed E-state index contributed by atoms with van der Waals surface area (Å²) in [7, 11) is 0. The van der Waals surface area contributed by atoms with E-state index in [9.17, 15) is 0 Å². The molecule has 0 spiro atoms. The molecule has 0 aliphatic carbocycles. The van der Waals surface area contributed by atoms with Gasteiger partial charge in [0, 0.05) is 25.7 Å². The van der Waals surface area contributed by atoms with Crippen molar-refractivity contribution in [3.8, 4) is 12.3 Å². The van der Waals surface area contributed by atoms with Crippen molar-refractivity contribution in [2.75, 3.05) is 19.6 Å². The molecule has 0 radical (unpaired) electrons. The Morgan fingerprint density at radius 2 is 2.36 bits per heavy atom. The Morgan fingerprint density at radius 3 is 2.93 bits per heavy atom. The maximum Gasteiger partial charge on any atom is 0.0710 e. The molecule has 0 aromatic heterocycles. The second-order valence-electron chi connectivity index (χ2n) is 4.03. The molecule has 1 saturated heterocycles. The van der Waals surface area contributed by atoms with E-state index in [-0.39, 0.29) is 0 Å². The van der Waals surface area contributed by atoms with Crippen LogP contribution in [0, 0.1) is 12.3 Å². The van der Waals surface area contributed by atoms with Crippen LogP contribution in [-0.4, -0.2) is 36.6 Å². The van der Waals surface area contributed by atoms with E-state index >= 15 is 0 Å². The predicted molar refractivity (Wildman–Crippen MR) is 61.2 cm³/mol. The molecule has 14 heavy (non-hydrogen) atoms. The SMILES string of the molecule is C#CC(CC)N1CCNC(CCC)C1. The van der Waals surface area contributed by atoms with Crippen LogP contribution in [0.15, 0.2) is 0 Å². The highest BCUT2D eigenvalue weighted by Crippen LogP contribution is 2.10. The summed E-state index contributed by atoms with van der Waals surface area (Å²) in [6.07, 6.45) is 9.10. The molecule has 1 aliphatic heterocycles. The van der Waals surface area contributed by atoms with Gasteiger partial charge in [-0.15, -0.1) is 6.42 Å². The summed E-state index contributed by atoms with van der Waals surface area (Å²) >= 11 is 0. The summed E-state index contributed by atoms with van der Waals surface area (Å²) in [4.78, 5) is 2.44. The molecular weight excluding hydrogens is 172 g/mol. The average Bonchev–Trinajstić information content (AvgIpc) is 2.21. The van der Waals surface area contributed by atoms with Crippen LogP contribution in [-0.2, 0) is 0 Å². The lowest BCUT2D eigenvalue weighted by Gasteiger charge is -2.36. The van der Waals surface area contributed by atoms with Gasteiger partial charge in [-0.1, -0.05) is 26.2 Å². The van der Waals surface area contributed by atoms with E-state index in [0.717, 1.165) is 26.1 Å². The maximum atomic E-state index is 5.52. The van der Waals surface area contributed by atoms with Gasteiger partial charge in [-0.05, 0) is 12.8 Å². The Labute approximate surface area is 88.1 Å². The summed E-state index contributed by atoms with van der Waals surface area (Å²) in [6, 6.07) is 0.993. The third-order valence-corrected chi connectivity index (χ3v) is 2.94. The van der Waals surface area contributed by atoms with Crippen molar-refractivity contribution >= 4 is 0 Å². The topological polar surface area (TPSA) is 15.3 Å². The summed E-state index contributed by atoms with van der Waals surface area (Å²) in [6.45, 7) is 7.71. The second kappa shape index (κ2) is 6.06. The van der Waals surface area contributed by atoms with Crippen molar-refractivity contribution in [1.29, 1.82) is 0 Å². The largest absolute Gasteiger partial charge is 0.311 e. The predicted octanol–water partition coefficient (Wildman–Crippen LogP) is 1.47. The minimum Gasteiger partial charge on any atom is -0.311 e. The molecular formula is C12H22N2. The molecule has 1 aliphatic rings. The maximum absolute atomic E-state index is 5.52. The summed E-state index contributed by atoms with van der Waals surface area (Å²) in [5.74, 6) is 2.88. The highest BCUT2D eigenvalue weighted by atomic mass is 15.2. The van der Waals surface area contributed by atoms with Gasteiger partial charge in [0.1, 0.15) is 0 Å². The smallest absolute Gasteiger partial charge is 0.0710 e. The standard InChI is InChI=1S/C12H22N2/c1-4-7-11-10-14(9-8-13-11)12(5-2)6-3/h2,11-13H,4,6-10H2,1,3H3. The number of nitrogens with zero attached hydrogens (tertiary/aromatic N) is 1. The number of piperazine rings is 1. The van der Waals surface area contributed by atoms with Crippen LogP contribution in [0.3, 0.4) is 0 Å². The molecule has 0 amide bonds. The first-order chi connectivity index (χ1) is 6.81. The third-order valence-electron chi connectivity index (χ3n) is 2.94. The number of hydrogen-bond acceptors (Lipinski definition) is 2. The highest BCUT2D eigenvalue weighted by molar-refractivity contribution is 5.01. The highest BCUT2D eigenvalue weighted by Gasteiger charge is 2.22. The van der Waals surface area contributed by atoms with Crippen molar-refractivity contribution in [1.82, 2.24) is 10.2 Å². The number of nitrogens with one attached hydrogen (secondary N) is 1. The van der Waals surface area contributed by atoms with Crippen LogP contribution in [0.1, 0.15) is 33.1 Å². The van der Waals surface area contributed by atoms with Gasteiger partial charge in [0.2, 0.25) is 0 Å². The molecule has 2 unspecified atom stereocenters. The van der Waals surface area contributed by atoms with E-state index in [1.165, 1.54) is 12.8 Å². The summed E-state index contributed by atoms with van der Waals surface area (Å²) < 4.78 is 0. The molecule has 0 saturated carbocycles. The Kier molecular flexibility index (Phi) is 5.00. The monoisotopic (exact) mass is 194 g/mol. The minimum absolute atomic E-state index is 0.344. The van der Waals surface area contributed by atoms with Gasteiger partial charge in [0.15, 0.2) is 0 Å². The first-order valence-corrected chi connectivity index (χ1v) is 5.75. The van der Waals surface area contributed by atoms with Crippen molar-refractivity contribution < 1.29 is 0 Å². The van der Waals surface area contributed by atoms with Crippen LogP contribution < -0.4 is 5.32 Å². The van der Waals surface area contributed by atoms with Crippen LogP contribution in [0.25, 0.3) is 0 Å². The lowest BCUT2D eigenvalue weighted by molar-refractivity contribution is 0.164. The molecule has 2 heteroatoms.